The molecule has 0 spiro atoms. The van der Waals surface area contributed by atoms with E-state index in [4.69, 9.17) is 9.47 Å². The summed E-state index contributed by atoms with van der Waals surface area (Å²) < 4.78 is 11.6. The Labute approximate surface area is 602 Å². The number of carboxylic acids is 3. The summed E-state index contributed by atoms with van der Waals surface area (Å²) in [7, 11) is 0. The fraction of sp³-hybridized carbons (Fsp3) is 0.864. The Morgan fingerprint density at radius 3 is 1.08 bits per heavy atom. The topological polar surface area (TPSA) is 289 Å². The Morgan fingerprint density at radius 1 is 0.364 bits per heavy atom. The number of carbonyl (C=O) groups excluding carboxylic acids is 9. The Morgan fingerprint density at radius 2 is 0.705 bits per heavy atom. The number of thioether (sulfide) groups is 1. The third-order valence-electron chi connectivity index (χ3n) is 15.4. The van der Waals surface area contributed by atoms with Crippen LogP contribution >= 0.6 is 11.8 Å². The Balaban J connectivity index is -0.0000118. The van der Waals surface area contributed by atoms with E-state index in [1.54, 1.807) is 0 Å². The number of carbonyl (C=O) groups is 9. The van der Waals surface area contributed by atoms with Gasteiger partial charge in [-0.05, 0) is 44.9 Å². The molecule has 0 radical (unpaired) electrons. The quantitative estimate of drug-likeness (QED) is 0.0376. The smallest absolute Gasteiger partial charge is 0.550 e. The van der Waals surface area contributed by atoms with Crippen molar-refractivity contribution < 1.29 is 157 Å². The molecule has 0 bridgehead atoms. The number of nitrogens with one attached hydrogen (secondary N) is 4. The van der Waals surface area contributed by atoms with Gasteiger partial charge >= 0.3 is 101 Å². The third-order valence-corrected chi connectivity index (χ3v) is 16.6. The van der Waals surface area contributed by atoms with Crippen LogP contribution in [-0.4, -0.2) is 102 Å². The number of rotatable bonds is 63. The minimum Gasteiger partial charge on any atom is -0.550 e. The molecule has 494 valence electrons. The van der Waals surface area contributed by atoms with Crippen molar-refractivity contribution in [3.05, 3.63) is 0 Å². The summed E-state index contributed by atoms with van der Waals surface area (Å²) in [6.45, 7) is 5.74. The van der Waals surface area contributed by atoms with Gasteiger partial charge in [-0.25, -0.2) is 0 Å². The summed E-state index contributed by atoms with van der Waals surface area (Å²) in [4.78, 5) is 114. The summed E-state index contributed by atoms with van der Waals surface area (Å²) in [5.74, 6) is -8.98. The molecule has 0 aliphatic heterocycles. The second kappa shape index (κ2) is 68.4. The van der Waals surface area contributed by atoms with Gasteiger partial charge in [0.05, 0.1) is 18.6 Å². The normalized spacial score (nSPS) is 12.2. The van der Waals surface area contributed by atoms with Gasteiger partial charge < -0.3 is 60.4 Å². The SMILES string of the molecule is CCCCCCCCCCCCCCCC(=O)N[C@@H](CSC[C@@H](COC(=O)CCCCCCCCCCCCCCC)OC(=O)CCCCCCCCCCCCCCC)C(=O)NCC(=O)N[C@@H](CCC(=O)[O-])C(=O)N[C@@H](CCC(=O)[O-])C(=O)[O-].[Na+].[Na+].[Na+]. The predicted octanol–water partition coefficient (Wildman–Crippen LogP) is 1.01. The van der Waals surface area contributed by atoms with E-state index in [9.17, 15) is 58.5 Å². The van der Waals surface area contributed by atoms with Crippen molar-refractivity contribution >= 4 is 65.2 Å². The molecule has 0 saturated carbocycles. The summed E-state index contributed by atoms with van der Waals surface area (Å²) in [6.07, 6.45) is 42.2. The zero-order chi connectivity index (χ0) is 62.8. The molecule has 0 aromatic rings. The number of amides is 4. The number of aliphatic carboxylic acids is 3. The van der Waals surface area contributed by atoms with E-state index in [0.717, 1.165) is 64.2 Å². The van der Waals surface area contributed by atoms with Crippen molar-refractivity contribution in [1.29, 1.82) is 0 Å². The molecular weight excluding hydrogens is 1170 g/mol. The summed E-state index contributed by atoms with van der Waals surface area (Å²) in [6, 6.07) is -4.63. The number of esters is 2. The molecule has 4 amide bonds. The second-order valence-electron chi connectivity index (χ2n) is 23.5. The average molecular weight is 1290 g/mol. The molecule has 0 aromatic heterocycles. The molecule has 88 heavy (non-hydrogen) atoms. The number of unbranched alkanes of at least 4 members (excludes halogenated alkanes) is 36. The largest absolute Gasteiger partial charge is 1.00 e. The predicted molar refractivity (Wildman–Crippen MR) is 331 cm³/mol. The van der Waals surface area contributed by atoms with Crippen LogP contribution in [-0.2, 0) is 52.6 Å². The Hall–Kier alpha value is -1.42. The van der Waals surface area contributed by atoms with Crippen molar-refractivity contribution in [1.82, 2.24) is 21.3 Å². The fourth-order valence-electron chi connectivity index (χ4n) is 10.1. The van der Waals surface area contributed by atoms with E-state index < -0.39 is 110 Å². The maximum absolute atomic E-state index is 13.8. The summed E-state index contributed by atoms with van der Waals surface area (Å²) in [5, 5.41) is 43.5. The van der Waals surface area contributed by atoms with Crippen LogP contribution in [0, 0.1) is 0 Å². The Bertz CT molecular complexity index is 1780. The van der Waals surface area contributed by atoms with Crippen LogP contribution in [0.1, 0.15) is 316 Å². The number of carboxylic acid groups (broad SMARTS) is 3. The molecule has 0 aromatic carbocycles. The molecule has 0 aliphatic rings. The molecule has 0 aliphatic carbocycles. The second-order valence-corrected chi connectivity index (χ2v) is 24.5. The molecule has 0 unspecified atom stereocenters. The first-order valence-corrected chi connectivity index (χ1v) is 35.0. The third kappa shape index (κ3) is 62.1. The summed E-state index contributed by atoms with van der Waals surface area (Å²) in [5.41, 5.74) is 0. The zero-order valence-corrected chi connectivity index (χ0v) is 63.1. The van der Waals surface area contributed by atoms with Gasteiger partial charge in [-0.15, -0.1) is 0 Å². The van der Waals surface area contributed by atoms with Gasteiger partial charge in [0.25, 0.3) is 0 Å². The van der Waals surface area contributed by atoms with Crippen LogP contribution in [0.4, 0.5) is 0 Å². The standard InChI is InChI=1S/C66H120N4O14S.3Na/c1-4-7-10-13-16-19-22-25-28-31-34-37-40-43-58(71)69-57(64(79)67-50-59(72)68-55(46-48-60(73)74)65(80)70-56(66(81)82)47-49-61(75)76)53-85-52-54(84-63(78)45-42-39-36-33-30-27-24-21-18-15-12-9-6-3)51-83-62(77)44-41-38-35-32-29-26-23-20-17-14-11-8-5-2;;;/h54-57H,4-53H2,1-3H3,(H,67,79)(H,68,72)(H,69,71)(H,70,80)(H,73,74)(H,75,76)(H,81,82);;;/q;3*+1/p-3/t54-,55+,56+,57+;;;/m1.../s1. The molecule has 0 fully saturated rings. The maximum atomic E-state index is 13.8. The van der Waals surface area contributed by atoms with E-state index in [-0.39, 0.29) is 126 Å². The van der Waals surface area contributed by atoms with Crippen LogP contribution in [0.25, 0.3) is 0 Å². The van der Waals surface area contributed by atoms with Gasteiger partial charge in [-0.2, -0.15) is 11.8 Å². The van der Waals surface area contributed by atoms with Gasteiger partial charge in [-0.1, -0.05) is 252 Å². The van der Waals surface area contributed by atoms with E-state index in [2.05, 4.69) is 36.7 Å². The van der Waals surface area contributed by atoms with E-state index in [1.807, 2.05) is 5.32 Å². The first-order valence-electron chi connectivity index (χ1n) is 33.8. The minimum absolute atomic E-state index is 0. The first-order chi connectivity index (χ1) is 41.1. The monoisotopic (exact) mass is 1290 g/mol. The van der Waals surface area contributed by atoms with Crippen molar-refractivity contribution in [2.24, 2.45) is 0 Å². The number of hydrogen-bond acceptors (Lipinski definition) is 15. The van der Waals surface area contributed by atoms with E-state index in [0.29, 0.717) is 19.3 Å². The molecule has 4 atom stereocenters. The van der Waals surface area contributed by atoms with Crippen molar-refractivity contribution in [2.45, 2.75) is 340 Å². The fourth-order valence-corrected chi connectivity index (χ4v) is 11.1. The van der Waals surface area contributed by atoms with Crippen molar-refractivity contribution in [2.75, 3.05) is 24.7 Å². The van der Waals surface area contributed by atoms with Gasteiger partial charge in [-0.3, -0.25) is 28.8 Å². The Kier molecular flexibility index (Phi) is 72.3. The van der Waals surface area contributed by atoms with Crippen molar-refractivity contribution in [3.63, 3.8) is 0 Å². The molecule has 0 saturated heterocycles. The van der Waals surface area contributed by atoms with E-state index >= 15 is 0 Å². The van der Waals surface area contributed by atoms with Crippen LogP contribution in [0.5, 0.6) is 0 Å². The molecule has 0 heterocycles. The van der Waals surface area contributed by atoms with Gasteiger partial charge in [0.15, 0.2) is 0 Å². The van der Waals surface area contributed by atoms with Crippen molar-refractivity contribution in [3.8, 4) is 0 Å². The van der Waals surface area contributed by atoms with Crippen LogP contribution in [0.15, 0.2) is 0 Å². The molecule has 22 heteroatoms. The van der Waals surface area contributed by atoms with E-state index in [1.165, 1.54) is 179 Å². The number of ether oxygens (including phenoxy) is 2. The average Bonchev–Trinajstić information content (AvgIpc) is 3.66. The van der Waals surface area contributed by atoms with Crippen LogP contribution < -0.4 is 125 Å². The number of hydrogen-bond donors (Lipinski definition) is 4. The van der Waals surface area contributed by atoms with Gasteiger partial charge in [0.2, 0.25) is 23.6 Å². The maximum Gasteiger partial charge on any atom is 1.00 e. The first kappa shape index (κ1) is 93.0. The summed E-state index contributed by atoms with van der Waals surface area (Å²) >= 11 is 1.19. The zero-order valence-electron chi connectivity index (χ0n) is 56.3. The van der Waals surface area contributed by atoms with Crippen LogP contribution in [0.2, 0.25) is 0 Å². The van der Waals surface area contributed by atoms with Crippen LogP contribution in [0.3, 0.4) is 0 Å². The van der Waals surface area contributed by atoms with Gasteiger partial charge in [0.1, 0.15) is 24.8 Å². The molecule has 4 N–H and O–H groups in total. The molecule has 0 rings (SSSR count). The molecule has 18 nitrogen and oxygen atoms in total. The minimum atomic E-state index is -1.82. The molecular formula is C66H117N4Na3O14S. The van der Waals surface area contributed by atoms with Gasteiger partial charge in [0, 0.05) is 42.7 Å².